The highest BCUT2D eigenvalue weighted by atomic mass is 31.2. The van der Waals surface area contributed by atoms with Crippen LogP contribution in [0, 0.1) is 11.8 Å². The van der Waals surface area contributed by atoms with Crippen molar-refractivity contribution in [1.29, 1.82) is 0 Å². The lowest BCUT2D eigenvalue weighted by molar-refractivity contribution is -0.161. The predicted octanol–water partition coefficient (Wildman–Crippen LogP) is 23.1. The Labute approximate surface area is 594 Å². The standard InChI is InChI=1S/C78H152O17P2/c1-7-9-11-13-15-17-19-21-23-24-25-26-27-28-29-31-33-35-37-42-50-56-62-77(82)94-73(66-88-75(80)60-54-48-41-36-34-32-30-22-20-18-16-14-12-10-8-2)68-92-96(84,85)90-64-72(79)65-91-97(86,87)93-69-74(67-89-76(81)61-55-49-45-44-47-53-59-71(5)6)95-78(83)63-57-51-43-39-38-40-46-52-58-70(3)4/h70-74,79H,7-69H2,1-6H3,(H,84,85)(H,86,87)/t72-,73-,74-/m1/s1. The Bertz CT molecular complexity index is 1870. The number of carbonyl (C=O) groups is 4. The van der Waals surface area contributed by atoms with Crippen molar-refractivity contribution >= 4 is 39.5 Å². The Morgan fingerprint density at radius 3 is 0.701 bits per heavy atom. The fourth-order valence-electron chi connectivity index (χ4n) is 12.0. The minimum atomic E-state index is -4.96. The molecule has 0 spiro atoms. The van der Waals surface area contributed by atoms with Gasteiger partial charge in [-0.25, -0.2) is 9.13 Å². The molecule has 0 saturated carbocycles. The van der Waals surface area contributed by atoms with Gasteiger partial charge in [0, 0.05) is 25.7 Å². The highest BCUT2D eigenvalue weighted by Gasteiger charge is 2.30. The Balaban J connectivity index is 5.18. The van der Waals surface area contributed by atoms with E-state index in [-0.39, 0.29) is 25.7 Å². The Morgan fingerprint density at radius 2 is 0.474 bits per heavy atom. The molecule has 0 aromatic heterocycles. The summed E-state index contributed by atoms with van der Waals surface area (Å²) in [6.07, 6.45) is 58.7. The van der Waals surface area contributed by atoms with E-state index in [0.717, 1.165) is 102 Å². The van der Waals surface area contributed by atoms with Gasteiger partial charge in [0.05, 0.1) is 26.4 Å². The lowest BCUT2D eigenvalue weighted by Crippen LogP contribution is -2.30. The summed E-state index contributed by atoms with van der Waals surface area (Å²) < 4.78 is 68.5. The highest BCUT2D eigenvalue weighted by molar-refractivity contribution is 7.47. The average molecular weight is 1420 g/mol. The van der Waals surface area contributed by atoms with E-state index < -0.39 is 97.5 Å². The largest absolute Gasteiger partial charge is 0.472 e. The zero-order chi connectivity index (χ0) is 71.4. The van der Waals surface area contributed by atoms with Crippen molar-refractivity contribution in [3.05, 3.63) is 0 Å². The van der Waals surface area contributed by atoms with Gasteiger partial charge in [-0.2, -0.15) is 0 Å². The topological polar surface area (TPSA) is 237 Å². The average Bonchev–Trinajstić information content (AvgIpc) is 1.31. The molecule has 0 aliphatic carbocycles. The quantitative estimate of drug-likeness (QED) is 0.0222. The molecule has 17 nitrogen and oxygen atoms in total. The van der Waals surface area contributed by atoms with Gasteiger partial charge in [-0.15, -0.1) is 0 Å². The molecule has 0 aliphatic rings. The van der Waals surface area contributed by atoms with Crippen LogP contribution in [0.2, 0.25) is 0 Å². The van der Waals surface area contributed by atoms with E-state index in [1.165, 1.54) is 218 Å². The van der Waals surface area contributed by atoms with Crippen molar-refractivity contribution in [3.63, 3.8) is 0 Å². The fourth-order valence-corrected chi connectivity index (χ4v) is 13.6. The third-order valence-electron chi connectivity index (χ3n) is 18.2. The monoisotopic (exact) mass is 1420 g/mol. The van der Waals surface area contributed by atoms with Gasteiger partial charge in [0.15, 0.2) is 12.2 Å². The zero-order valence-corrected chi connectivity index (χ0v) is 65.2. The van der Waals surface area contributed by atoms with Crippen LogP contribution in [0.3, 0.4) is 0 Å². The summed E-state index contributed by atoms with van der Waals surface area (Å²) in [6.45, 7) is 9.48. The molecule has 19 heteroatoms. The predicted molar refractivity (Wildman–Crippen MR) is 395 cm³/mol. The Morgan fingerprint density at radius 1 is 0.278 bits per heavy atom. The van der Waals surface area contributed by atoms with Crippen molar-refractivity contribution < 1.29 is 80.2 Å². The van der Waals surface area contributed by atoms with Crippen LogP contribution in [0.5, 0.6) is 0 Å². The van der Waals surface area contributed by atoms with Crippen molar-refractivity contribution in [2.75, 3.05) is 39.6 Å². The highest BCUT2D eigenvalue weighted by Crippen LogP contribution is 2.45. The first-order chi connectivity index (χ1) is 46.9. The summed E-state index contributed by atoms with van der Waals surface area (Å²) in [5.41, 5.74) is 0. The van der Waals surface area contributed by atoms with Crippen LogP contribution in [0.25, 0.3) is 0 Å². The first kappa shape index (κ1) is 95.1. The second-order valence-electron chi connectivity index (χ2n) is 29.1. The number of ether oxygens (including phenoxy) is 4. The minimum Gasteiger partial charge on any atom is -0.462 e. The number of unbranched alkanes of at least 4 members (excludes halogenated alkanes) is 47. The second kappa shape index (κ2) is 69.8. The number of hydrogen-bond donors (Lipinski definition) is 3. The molecule has 2 unspecified atom stereocenters. The van der Waals surface area contributed by atoms with Gasteiger partial charge in [-0.05, 0) is 37.5 Å². The van der Waals surface area contributed by atoms with Gasteiger partial charge in [0.1, 0.15) is 19.3 Å². The van der Waals surface area contributed by atoms with Gasteiger partial charge >= 0.3 is 39.5 Å². The van der Waals surface area contributed by atoms with Crippen molar-refractivity contribution in [1.82, 2.24) is 0 Å². The molecule has 5 atom stereocenters. The molecule has 0 aromatic rings. The molecule has 0 saturated heterocycles. The zero-order valence-electron chi connectivity index (χ0n) is 63.4. The molecule has 576 valence electrons. The first-order valence-corrected chi connectivity index (χ1v) is 43.5. The van der Waals surface area contributed by atoms with Gasteiger partial charge < -0.3 is 33.8 Å². The lowest BCUT2D eigenvalue weighted by Gasteiger charge is -2.21. The number of phosphoric ester groups is 2. The molecule has 97 heavy (non-hydrogen) atoms. The molecule has 0 heterocycles. The minimum absolute atomic E-state index is 0.104. The van der Waals surface area contributed by atoms with Crippen LogP contribution >= 0.6 is 15.6 Å². The van der Waals surface area contributed by atoms with Gasteiger partial charge in [0.25, 0.3) is 0 Å². The summed E-state index contributed by atoms with van der Waals surface area (Å²) in [6, 6.07) is 0. The van der Waals surface area contributed by atoms with Gasteiger partial charge in [-0.3, -0.25) is 37.3 Å². The maximum Gasteiger partial charge on any atom is 0.472 e. The van der Waals surface area contributed by atoms with E-state index in [1.54, 1.807) is 0 Å². The van der Waals surface area contributed by atoms with Gasteiger partial charge in [0.2, 0.25) is 0 Å². The lowest BCUT2D eigenvalue weighted by atomic mass is 10.0. The number of hydrogen-bond acceptors (Lipinski definition) is 15. The molecule has 3 N–H and O–H groups in total. The van der Waals surface area contributed by atoms with Gasteiger partial charge in [-0.1, -0.05) is 356 Å². The van der Waals surface area contributed by atoms with E-state index in [4.69, 9.17) is 37.0 Å². The summed E-state index contributed by atoms with van der Waals surface area (Å²) >= 11 is 0. The summed E-state index contributed by atoms with van der Waals surface area (Å²) in [5, 5.41) is 10.6. The van der Waals surface area contributed by atoms with Crippen LogP contribution in [-0.2, 0) is 65.4 Å². The Hall–Kier alpha value is -1.94. The Kier molecular flexibility index (Phi) is 68.4. The summed E-state index contributed by atoms with van der Waals surface area (Å²) in [4.78, 5) is 72.8. The first-order valence-electron chi connectivity index (χ1n) is 40.5. The number of carbonyl (C=O) groups excluding carboxylic acids is 4. The van der Waals surface area contributed by atoms with E-state index >= 15 is 0 Å². The number of aliphatic hydroxyl groups excluding tert-OH is 1. The number of aliphatic hydroxyl groups is 1. The molecule has 0 radical (unpaired) electrons. The van der Waals surface area contributed by atoms with E-state index in [2.05, 4.69) is 41.5 Å². The van der Waals surface area contributed by atoms with Crippen LogP contribution < -0.4 is 0 Å². The van der Waals surface area contributed by atoms with Crippen molar-refractivity contribution in [3.8, 4) is 0 Å². The third kappa shape index (κ3) is 72.2. The summed E-state index contributed by atoms with van der Waals surface area (Å²) in [5.74, 6) is -0.721. The number of phosphoric acid groups is 2. The van der Waals surface area contributed by atoms with E-state index in [9.17, 15) is 43.2 Å². The molecule has 0 aromatic carbocycles. The third-order valence-corrected chi connectivity index (χ3v) is 20.1. The SMILES string of the molecule is CCCCCCCCCCCCCCCCCCCCCCCCC(=O)O[C@H](COC(=O)CCCCCCCCCCCCCCCCC)COP(=O)(O)OC[C@@H](O)COP(=O)(O)OC[C@@H](COC(=O)CCCCCCCCC(C)C)OC(=O)CCCCCCCCCCC(C)C. The fraction of sp³-hybridized carbons (Fsp3) is 0.949. The molecule has 0 bridgehead atoms. The second-order valence-corrected chi connectivity index (χ2v) is 32.0. The number of rotatable bonds is 77. The molecular weight excluding hydrogens is 1270 g/mol. The van der Waals surface area contributed by atoms with E-state index in [1.807, 2.05) is 0 Å². The molecule has 0 aliphatic heterocycles. The molecule has 0 rings (SSSR count). The maximum atomic E-state index is 13.1. The van der Waals surface area contributed by atoms with Crippen LogP contribution in [0.4, 0.5) is 0 Å². The number of esters is 4. The van der Waals surface area contributed by atoms with Crippen molar-refractivity contribution in [2.45, 2.75) is 426 Å². The van der Waals surface area contributed by atoms with E-state index in [0.29, 0.717) is 31.6 Å². The van der Waals surface area contributed by atoms with Crippen LogP contribution in [0.15, 0.2) is 0 Å². The maximum absolute atomic E-state index is 13.1. The molecule has 0 fully saturated rings. The van der Waals surface area contributed by atoms with Crippen molar-refractivity contribution in [2.24, 2.45) is 11.8 Å². The smallest absolute Gasteiger partial charge is 0.462 e. The summed E-state index contributed by atoms with van der Waals surface area (Å²) in [7, 11) is -9.91. The molecule has 0 amide bonds. The normalized spacial score (nSPS) is 14.0. The van der Waals surface area contributed by atoms with Crippen LogP contribution in [-0.4, -0.2) is 96.7 Å². The molecular formula is C78H152O17P2. The van der Waals surface area contributed by atoms with Crippen LogP contribution in [0.1, 0.15) is 408 Å².